The molecule has 3 atom stereocenters. The molecule has 2 fully saturated rings. The minimum atomic E-state index is -1.19. The topological polar surface area (TPSA) is 170 Å². The summed E-state index contributed by atoms with van der Waals surface area (Å²) in [7, 11) is 0. The van der Waals surface area contributed by atoms with Crippen LogP contribution in [0.2, 0.25) is 0 Å². The molecule has 0 spiro atoms. The fourth-order valence-corrected chi connectivity index (χ4v) is 6.21. The predicted octanol–water partition coefficient (Wildman–Crippen LogP) is 3.47. The zero-order valence-corrected chi connectivity index (χ0v) is 23.6. The molecule has 2 aliphatic heterocycles. The maximum atomic E-state index is 13.0. The number of anilines is 4. The number of rotatable bonds is 8. The zero-order valence-electron chi connectivity index (χ0n) is 23.6. The second kappa shape index (κ2) is 11.7. The normalized spacial score (nSPS) is 20.1. The van der Waals surface area contributed by atoms with E-state index in [2.05, 4.69) is 35.8 Å². The lowest BCUT2D eigenvalue weighted by atomic mass is 9.68. The van der Waals surface area contributed by atoms with Gasteiger partial charge >= 0.3 is 12.0 Å². The molecule has 13 nitrogen and oxygen atoms in total. The van der Waals surface area contributed by atoms with Crippen LogP contribution in [0.15, 0.2) is 48.7 Å². The van der Waals surface area contributed by atoms with Gasteiger partial charge in [-0.1, -0.05) is 12.1 Å². The number of urea groups is 1. The molecule has 3 aromatic rings. The van der Waals surface area contributed by atoms with Crippen LogP contribution in [0.5, 0.6) is 0 Å². The Bertz CT molecular complexity index is 1580. The Labute approximate surface area is 247 Å². The van der Waals surface area contributed by atoms with E-state index in [1.807, 2.05) is 6.07 Å². The van der Waals surface area contributed by atoms with Gasteiger partial charge in [-0.15, -0.1) is 0 Å². The summed E-state index contributed by atoms with van der Waals surface area (Å²) in [6.45, 7) is 3.58. The lowest BCUT2D eigenvalue weighted by Crippen LogP contribution is -2.45. The van der Waals surface area contributed by atoms with Crippen molar-refractivity contribution in [3.8, 4) is 0 Å². The number of fused-ring (bicyclic) bond motifs is 4. The van der Waals surface area contributed by atoms with Crippen LogP contribution >= 0.6 is 0 Å². The van der Waals surface area contributed by atoms with E-state index >= 15 is 0 Å². The third-order valence-electron chi connectivity index (χ3n) is 8.43. The van der Waals surface area contributed by atoms with Gasteiger partial charge in [0.05, 0.1) is 11.7 Å². The van der Waals surface area contributed by atoms with Gasteiger partial charge in [-0.3, -0.25) is 25.1 Å². The van der Waals surface area contributed by atoms with Crippen LogP contribution in [-0.4, -0.2) is 69.5 Å². The van der Waals surface area contributed by atoms with E-state index in [0.29, 0.717) is 24.6 Å². The highest BCUT2D eigenvalue weighted by Crippen LogP contribution is 2.46. The Balaban J connectivity index is 1.10. The van der Waals surface area contributed by atoms with Gasteiger partial charge < -0.3 is 15.3 Å². The first-order valence-electron chi connectivity index (χ1n) is 14.4. The van der Waals surface area contributed by atoms with E-state index in [-0.39, 0.29) is 46.9 Å². The number of pyridine rings is 3. The molecule has 43 heavy (non-hydrogen) atoms. The lowest BCUT2D eigenvalue weighted by Gasteiger charge is -2.38. The summed E-state index contributed by atoms with van der Waals surface area (Å²) in [5, 5.41) is 17.7. The highest BCUT2D eigenvalue weighted by molar-refractivity contribution is 6.00. The first-order chi connectivity index (χ1) is 20.8. The first kappa shape index (κ1) is 28.1. The molecule has 222 valence electrons. The SMILES string of the molecule is CC(=O)N1c2nc(C(=O)NCCC3CCC3c3ccc(C(=O)O)nc3NC(=O)Nc3ccccn3)ccc2N2CCC1C2. The summed E-state index contributed by atoms with van der Waals surface area (Å²) in [6.07, 6.45) is 4.86. The van der Waals surface area contributed by atoms with Crippen LogP contribution in [-0.2, 0) is 4.79 Å². The fraction of sp³-hybridized carbons (Fsp3) is 0.367. The molecule has 0 aromatic carbocycles. The molecular weight excluding hydrogens is 552 g/mol. The second-order valence-electron chi connectivity index (χ2n) is 11.0. The van der Waals surface area contributed by atoms with Gasteiger partial charge in [0.25, 0.3) is 5.91 Å². The minimum Gasteiger partial charge on any atom is -0.477 e. The smallest absolute Gasteiger partial charge is 0.354 e. The second-order valence-corrected chi connectivity index (χ2v) is 11.0. The maximum Gasteiger partial charge on any atom is 0.354 e. The van der Waals surface area contributed by atoms with Crippen molar-refractivity contribution in [2.45, 2.75) is 44.6 Å². The van der Waals surface area contributed by atoms with Crippen molar-refractivity contribution >= 4 is 47.0 Å². The molecule has 6 rings (SSSR count). The number of aromatic carboxylic acids is 1. The first-order valence-corrected chi connectivity index (χ1v) is 14.4. The third kappa shape index (κ3) is 5.70. The van der Waals surface area contributed by atoms with E-state index in [4.69, 9.17) is 0 Å². The molecule has 1 saturated carbocycles. The Morgan fingerprint density at radius 3 is 2.53 bits per heavy atom. The van der Waals surface area contributed by atoms with Crippen LogP contribution in [0, 0.1) is 5.92 Å². The molecule has 5 heterocycles. The Kier molecular flexibility index (Phi) is 7.61. The standard InChI is InChI=1S/C30H32N8O5/c1-17(39)38-19-12-15-37(16-19)24-10-9-22(34-27(24)38)28(40)32-14-11-18-5-6-20(18)21-7-8-23(29(41)42)33-26(21)36-30(43)35-25-4-2-3-13-31-25/h2-4,7-10,13,18-20H,5-6,11-12,14-16H2,1H3,(H,32,40)(H,41,42)(H2,31,33,35,36,43). The number of aromatic nitrogens is 3. The summed E-state index contributed by atoms with van der Waals surface area (Å²) < 4.78 is 0. The fourth-order valence-electron chi connectivity index (χ4n) is 6.21. The predicted molar refractivity (Wildman–Crippen MR) is 159 cm³/mol. The maximum absolute atomic E-state index is 13.0. The van der Waals surface area contributed by atoms with E-state index in [1.165, 1.54) is 13.0 Å². The van der Waals surface area contributed by atoms with Crippen molar-refractivity contribution < 1.29 is 24.3 Å². The summed E-state index contributed by atoms with van der Waals surface area (Å²) in [4.78, 5) is 66.4. The number of carboxylic acid groups (broad SMARTS) is 1. The molecule has 1 aliphatic carbocycles. The van der Waals surface area contributed by atoms with Gasteiger partial charge in [-0.2, -0.15) is 0 Å². The van der Waals surface area contributed by atoms with Gasteiger partial charge in [-0.25, -0.2) is 24.5 Å². The number of hydrogen-bond acceptors (Lipinski definition) is 8. The highest BCUT2D eigenvalue weighted by atomic mass is 16.4. The van der Waals surface area contributed by atoms with Crippen LogP contribution in [0.1, 0.15) is 65.1 Å². The van der Waals surface area contributed by atoms with Gasteiger partial charge in [-0.05, 0) is 73.4 Å². The average Bonchev–Trinajstić information content (AvgIpc) is 3.39. The van der Waals surface area contributed by atoms with Crippen molar-refractivity contribution in [3.63, 3.8) is 0 Å². The lowest BCUT2D eigenvalue weighted by molar-refractivity contribution is -0.117. The van der Waals surface area contributed by atoms with Crippen LogP contribution in [0.3, 0.4) is 0 Å². The molecular formula is C30H32N8O5. The number of hydrogen-bond donors (Lipinski definition) is 4. The average molecular weight is 585 g/mol. The summed E-state index contributed by atoms with van der Waals surface area (Å²) in [5.41, 5.74) is 1.70. The van der Waals surface area contributed by atoms with Crippen LogP contribution in [0.4, 0.5) is 27.9 Å². The quantitative estimate of drug-likeness (QED) is 0.310. The Morgan fingerprint density at radius 2 is 1.81 bits per heavy atom. The van der Waals surface area contributed by atoms with Gasteiger partial charge in [0.2, 0.25) is 5.91 Å². The highest BCUT2D eigenvalue weighted by Gasteiger charge is 2.39. The van der Waals surface area contributed by atoms with Crippen LogP contribution < -0.4 is 25.8 Å². The van der Waals surface area contributed by atoms with Gasteiger partial charge in [0.1, 0.15) is 17.3 Å². The van der Waals surface area contributed by atoms with Crippen LogP contribution in [0.25, 0.3) is 0 Å². The molecule has 3 aromatic heterocycles. The monoisotopic (exact) mass is 584 g/mol. The number of amides is 4. The molecule has 4 N–H and O–H groups in total. The van der Waals surface area contributed by atoms with E-state index in [9.17, 15) is 24.3 Å². The van der Waals surface area contributed by atoms with E-state index in [0.717, 1.165) is 43.6 Å². The molecule has 13 heteroatoms. The van der Waals surface area contributed by atoms with Gasteiger partial charge in [0, 0.05) is 32.8 Å². The molecule has 3 unspecified atom stereocenters. The van der Waals surface area contributed by atoms with Crippen molar-refractivity contribution in [2.24, 2.45) is 5.92 Å². The Morgan fingerprint density at radius 1 is 0.977 bits per heavy atom. The summed E-state index contributed by atoms with van der Waals surface area (Å²) >= 11 is 0. The Hall–Kier alpha value is -5.07. The van der Waals surface area contributed by atoms with Gasteiger partial charge in [0.15, 0.2) is 11.5 Å². The molecule has 4 amide bonds. The van der Waals surface area contributed by atoms with Crippen molar-refractivity contribution in [3.05, 3.63) is 65.6 Å². The van der Waals surface area contributed by atoms with Crippen molar-refractivity contribution in [2.75, 3.05) is 40.1 Å². The van der Waals surface area contributed by atoms with Crippen molar-refractivity contribution in [1.29, 1.82) is 0 Å². The van der Waals surface area contributed by atoms with E-state index < -0.39 is 12.0 Å². The zero-order chi connectivity index (χ0) is 30.1. The number of carbonyl (C=O) groups is 4. The molecule has 1 saturated heterocycles. The number of nitrogens with one attached hydrogen (secondary N) is 3. The molecule has 0 radical (unpaired) electrons. The number of carboxylic acids is 1. The third-order valence-corrected chi connectivity index (χ3v) is 8.43. The molecule has 2 bridgehead atoms. The number of carbonyl (C=O) groups excluding carboxylic acids is 3. The van der Waals surface area contributed by atoms with Crippen molar-refractivity contribution in [1.82, 2.24) is 20.3 Å². The number of nitrogens with zero attached hydrogens (tertiary/aromatic N) is 5. The summed E-state index contributed by atoms with van der Waals surface area (Å²) in [5.74, 6) is -0.278. The van der Waals surface area contributed by atoms with E-state index in [1.54, 1.807) is 41.4 Å². The summed E-state index contributed by atoms with van der Waals surface area (Å²) in [6, 6.07) is 11.3. The molecule has 3 aliphatic rings. The minimum absolute atomic E-state index is 0.0351. The largest absolute Gasteiger partial charge is 0.477 e.